The maximum atomic E-state index is 12.1. The van der Waals surface area contributed by atoms with E-state index in [0.29, 0.717) is 24.3 Å². The molecule has 0 aliphatic rings. The highest BCUT2D eigenvalue weighted by Gasteiger charge is 2.22. The van der Waals surface area contributed by atoms with Crippen molar-refractivity contribution < 1.29 is 17.9 Å². The number of carbonyl (C=O) groups is 1. The average molecular weight is 382 g/mol. The molecule has 5 nitrogen and oxygen atoms in total. The van der Waals surface area contributed by atoms with Crippen molar-refractivity contribution in [2.45, 2.75) is 31.1 Å². The minimum absolute atomic E-state index is 0.0361. The minimum atomic E-state index is -4.05. The van der Waals surface area contributed by atoms with Gasteiger partial charge in [0.2, 0.25) is 10.0 Å². The van der Waals surface area contributed by atoms with Crippen LogP contribution in [0.4, 0.5) is 0 Å². The van der Waals surface area contributed by atoms with Crippen LogP contribution in [0, 0.1) is 0 Å². The van der Waals surface area contributed by atoms with Crippen LogP contribution in [0.5, 0.6) is 5.75 Å². The number of unbranched alkanes of at least 4 members (excludes halogenated alkanes) is 1. The zero-order chi connectivity index (χ0) is 18.4. The van der Waals surface area contributed by atoms with Gasteiger partial charge in [0.25, 0.3) is 5.24 Å². The van der Waals surface area contributed by atoms with Crippen LogP contribution in [0.15, 0.2) is 47.4 Å². The molecular formula is C18H20ClNO4S. The fourth-order valence-corrected chi connectivity index (χ4v) is 3.33. The Kier molecular flexibility index (Phi) is 6.58. The largest absolute Gasteiger partial charge is 0.493 e. The molecule has 0 aliphatic carbocycles. The van der Waals surface area contributed by atoms with Gasteiger partial charge in [-0.1, -0.05) is 43.7 Å². The van der Waals surface area contributed by atoms with Gasteiger partial charge in [0, 0.05) is 17.5 Å². The summed E-state index contributed by atoms with van der Waals surface area (Å²) < 4.78 is 29.9. The molecule has 0 heterocycles. The standard InChI is InChI=1S/C18H20ClNO4S/c1-2-3-9-24-16-11-14(18(19)21)12-17(25(20,22)23)15(16)10-13-7-5-4-6-8-13/h4-8,11-12H,2-3,9-10H2,1H3,(H2,20,22,23). The number of rotatable bonds is 8. The molecule has 0 amide bonds. The Bertz CT molecular complexity index is 851. The second kappa shape index (κ2) is 8.47. The summed E-state index contributed by atoms with van der Waals surface area (Å²) in [7, 11) is -4.05. The fourth-order valence-electron chi connectivity index (χ4n) is 2.42. The maximum absolute atomic E-state index is 12.1. The van der Waals surface area contributed by atoms with Gasteiger partial charge in [-0.3, -0.25) is 4.79 Å². The first-order valence-corrected chi connectivity index (χ1v) is 9.81. The molecule has 2 aromatic rings. The third kappa shape index (κ3) is 5.29. The number of halogens is 1. The number of benzene rings is 2. The van der Waals surface area contributed by atoms with Crippen molar-refractivity contribution in [3.05, 3.63) is 59.2 Å². The van der Waals surface area contributed by atoms with Gasteiger partial charge < -0.3 is 4.74 Å². The molecule has 7 heteroatoms. The lowest BCUT2D eigenvalue weighted by Crippen LogP contribution is -2.17. The van der Waals surface area contributed by atoms with E-state index >= 15 is 0 Å². The Morgan fingerprint density at radius 3 is 2.44 bits per heavy atom. The highest BCUT2D eigenvalue weighted by atomic mass is 35.5. The van der Waals surface area contributed by atoms with Gasteiger partial charge in [-0.2, -0.15) is 0 Å². The second-order valence-electron chi connectivity index (χ2n) is 5.63. The average Bonchev–Trinajstić information content (AvgIpc) is 2.56. The second-order valence-corrected chi connectivity index (χ2v) is 7.51. The quantitative estimate of drug-likeness (QED) is 0.560. The first-order valence-electron chi connectivity index (χ1n) is 7.89. The summed E-state index contributed by atoms with van der Waals surface area (Å²) in [6.07, 6.45) is 2.03. The summed E-state index contributed by atoms with van der Waals surface area (Å²) in [4.78, 5) is 11.4. The van der Waals surface area contributed by atoms with Crippen LogP contribution in [-0.2, 0) is 16.4 Å². The lowest BCUT2D eigenvalue weighted by molar-refractivity contribution is 0.108. The molecule has 0 atom stereocenters. The number of hydrogen-bond donors (Lipinski definition) is 1. The summed E-state index contributed by atoms with van der Waals surface area (Å²) in [6.45, 7) is 2.42. The van der Waals surface area contributed by atoms with Crippen LogP contribution < -0.4 is 9.88 Å². The lowest BCUT2D eigenvalue weighted by Gasteiger charge is -2.16. The molecule has 2 aromatic carbocycles. The zero-order valence-corrected chi connectivity index (χ0v) is 15.4. The first kappa shape index (κ1) is 19.4. The number of hydrogen-bond acceptors (Lipinski definition) is 4. The predicted molar refractivity (Wildman–Crippen MR) is 97.6 cm³/mol. The minimum Gasteiger partial charge on any atom is -0.493 e. The Labute approximate surface area is 152 Å². The molecule has 2 N–H and O–H groups in total. The van der Waals surface area contributed by atoms with Crippen molar-refractivity contribution in [2.75, 3.05) is 6.61 Å². The lowest BCUT2D eigenvalue weighted by atomic mass is 10.0. The van der Waals surface area contributed by atoms with Crippen molar-refractivity contribution in [3.8, 4) is 5.75 Å². The van der Waals surface area contributed by atoms with Crippen molar-refractivity contribution in [1.82, 2.24) is 0 Å². The summed E-state index contributed by atoms with van der Waals surface area (Å²) >= 11 is 5.54. The van der Waals surface area contributed by atoms with E-state index in [1.807, 2.05) is 37.3 Å². The fraction of sp³-hybridized carbons (Fsp3) is 0.278. The van der Waals surface area contributed by atoms with E-state index in [0.717, 1.165) is 18.4 Å². The summed E-state index contributed by atoms with van der Waals surface area (Å²) in [5.74, 6) is 0.313. The molecule has 0 fully saturated rings. The maximum Gasteiger partial charge on any atom is 0.252 e. The summed E-state index contributed by atoms with van der Waals surface area (Å²) in [5.41, 5.74) is 1.36. The number of nitrogens with two attached hydrogens (primary N) is 1. The number of sulfonamides is 1. The summed E-state index contributed by atoms with van der Waals surface area (Å²) in [5, 5.41) is 4.60. The van der Waals surface area contributed by atoms with Gasteiger partial charge in [-0.15, -0.1) is 0 Å². The van der Waals surface area contributed by atoms with E-state index in [2.05, 4.69) is 0 Å². The van der Waals surface area contributed by atoms with E-state index < -0.39 is 15.3 Å². The molecule has 0 radical (unpaired) electrons. The topological polar surface area (TPSA) is 86.5 Å². The molecule has 0 saturated carbocycles. The van der Waals surface area contributed by atoms with Crippen LogP contribution in [0.2, 0.25) is 0 Å². The SMILES string of the molecule is CCCCOc1cc(C(=O)Cl)cc(S(N)(=O)=O)c1Cc1ccccc1. The van der Waals surface area contributed by atoms with Gasteiger partial charge in [0.1, 0.15) is 5.75 Å². The van der Waals surface area contributed by atoms with Gasteiger partial charge in [0.05, 0.1) is 11.5 Å². The first-order chi connectivity index (χ1) is 11.8. The van der Waals surface area contributed by atoms with Gasteiger partial charge >= 0.3 is 0 Å². The van der Waals surface area contributed by atoms with Crippen LogP contribution >= 0.6 is 11.6 Å². The molecule has 2 rings (SSSR count). The predicted octanol–water partition coefficient (Wildman–Crippen LogP) is 3.48. The number of carbonyl (C=O) groups excluding carboxylic acids is 1. The van der Waals surface area contributed by atoms with Crippen LogP contribution in [0.3, 0.4) is 0 Å². The van der Waals surface area contributed by atoms with Crippen molar-refractivity contribution in [3.63, 3.8) is 0 Å². The van der Waals surface area contributed by atoms with Crippen LogP contribution in [-0.4, -0.2) is 20.3 Å². The normalized spacial score (nSPS) is 11.3. The van der Waals surface area contributed by atoms with Crippen molar-refractivity contribution in [1.29, 1.82) is 0 Å². The number of ether oxygens (including phenoxy) is 1. The van der Waals surface area contributed by atoms with Crippen molar-refractivity contribution in [2.24, 2.45) is 5.14 Å². The molecule has 25 heavy (non-hydrogen) atoms. The van der Waals surface area contributed by atoms with Gasteiger partial charge in [-0.05, 0) is 35.7 Å². The van der Waals surface area contributed by atoms with Gasteiger partial charge in [-0.25, -0.2) is 13.6 Å². The molecule has 0 bridgehead atoms. The van der Waals surface area contributed by atoms with Crippen molar-refractivity contribution >= 4 is 26.9 Å². The monoisotopic (exact) mass is 381 g/mol. The van der Waals surface area contributed by atoms with Crippen LogP contribution in [0.25, 0.3) is 0 Å². The Morgan fingerprint density at radius 2 is 1.88 bits per heavy atom. The molecule has 0 aromatic heterocycles. The van der Waals surface area contributed by atoms with E-state index in [-0.39, 0.29) is 10.5 Å². The van der Waals surface area contributed by atoms with Gasteiger partial charge in [0.15, 0.2) is 0 Å². The van der Waals surface area contributed by atoms with Crippen LogP contribution in [0.1, 0.15) is 41.3 Å². The van der Waals surface area contributed by atoms with E-state index in [4.69, 9.17) is 21.5 Å². The number of primary sulfonamides is 1. The highest BCUT2D eigenvalue weighted by molar-refractivity contribution is 7.89. The zero-order valence-electron chi connectivity index (χ0n) is 13.9. The molecule has 0 unspecified atom stereocenters. The Balaban J connectivity index is 2.59. The Hall–Kier alpha value is -1.89. The van der Waals surface area contributed by atoms with E-state index in [9.17, 15) is 13.2 Å². The van der Waals surface area contributed by atoms with E-state index in [1.165, 1.54) is 12.1 Å². The molecule has 0 spiro atoms. The highest BCUT2D eigenvalue weighted by Crippen LogP contribution is 2.31. The van der Waals surface area contributed by atoms with E-state index in [1.54, 1.807) is 0 Å². The third-order valence-electron chi connectivity index (χ3n) is 3.68. The molecule has 134 valence electrons. The summed E-state index contributed by atoms with van der Waals surface area (Å²) in [6, 6.07) is 12.0. The molecular weight excluding hydrogens is 362 g/mol. The third-order valence-corrected chi connectivity index (χ3v) is 4.88. The smallest absolute Gasteiger partial charge is 0.252 e. The molecule has 0 aliphatic heterocycles. The molecule has 0 saturated heterocycles. The Morgan fingerprint density at radius 1 is 1.20 bits per heavy atom.